The van der Waals surface area contributed by atoms with Gasteiger partial charge in [-0.15, -0.1) is 0 Å². The van der Waals surface area contributed by atoms with Gasteiger partial charge in [0.2, 0.25) is 5.91 Å². The number of thiazole rings is 1. The molecule has 0 unspecified atom stereocenters. The van der Waals surface area contributed by atoms with Crippen molar-refractivity contribution in [1.29, 1.82) is 0 Å². The summed E-state index contributed by atoms with van der Waals surface area (Å²) >= 11 is 1.50. The minimum atomic E-state index is -0.0421. The number of rotatable bonds is 6. The molecule has 3 heterocycles. The Labute approximate surface area is 201 Å². The normalized spacial score (nSPS) is 12.4. The van der Waals surface area contributed by atoms with Crippen LogP contribution in [-0.2, 0) is 22.5 Å². The van der Waals surface area contributed by atoms with Gasteiger partial charge in [0.05, 0.1) is 33.9 Å². The number of carbonyl (C=O) groups excluding carboxylic acids is 1. The molecule has 3 aromatic heterocycles. The molecule has 34 heavy (non-hydrogen) atoms. The van der Waals surface area contributed by atoms with Crippen LogP contribution < -0.4 is 5.32 Å². The highest BCUT2D eigenvalue weighted by molar-refractivity contribution is 7.19. The minimum absolute atomic E-state index is 0.0421. The molecular formula is C25H24N6O2S. The van der Waals surface area contributed by atoms with E-state index in [4.69, 9.17) is 14.9 Å². The van der Waals surface area contributed by atoms with Crippen molar-refractivity contribution in [2.75, 3.05) is 12.4 Å². The first-order valence-corrected chi connectivity index (χ1v) is 11.9. The quantitative estimate of drug-likeness (QED) is 0.322. The predicted octanol–water partition coefficient (Wildman–Crippen LogP) is 4.79. The molecule has 1 aliphatic rings. The number of aromatic nitrogens is 4. The summed E-state index contributed by atoms with van der Waals surface area (Å²) in [6.45, 7) is 3.81. The van der Waals surface area contributed by atoms with E-state index in [1.807, 2.05) is 55.1 Å². The Morgan fingerprint density at radius 3 is 2.76 bits per heavy atom. The summed E-state index contributed by atoms with van der Waals surface area (Å²) in [7, 11) is 1.52. The monoisotopic (exact) mass is 472 g/mol. The molecule has 0 bridgehead atoms. The first-order chi connectivity index (χ1) is 16.6. The molecular weight excluding hydrogens is 448 g/mol. The summed E-state index contributed by atoms with van der Waals surface area (Å²) in [6, 6.07) is 12.0. The lowest BCUT2D eigenvalue weighted by Crippen LogP contribution is -2.09. The van der Waals surface area contributed by atoms with Gasteiger partial charge in [-0.2, -0.15) is 5.10 Å². The Morgan fingerprint density at radius 1 is 1.24 bits per heavy atom. The van der Waals surface area contributed by atoms with Crippen molar-refractivity contribution in [2.24, 2.45) is 5.16 Å². The van der Waals surface area contributed by atoms with Crippen molar-refractivity contribution in [3.8, 4) is 27.5 Å². The molecule has 4 aromatic rings. The van der Waals surface area contributed by atoms with Crippen molar-refractivity contribution in [2.45, 2.75) is 33.1 Å². The number of carbonyl (C=O) groups is 1. The molecule has 0 radical (unpaired) electrons. The van der Waals surface area contributed by atoms with E-state index in [1.54, 1.807) is 6.21 Å². The summed E-state index contributed by atoms with van der Waals surface area (Å²) in [5.41, 5.74) is 7.90. The van der Waals surface area contributed by atoms with Gasteiger partial charge >= 0.3 is 0 Å². The Morgan fingerprint density at radius 2 is 2.06 bits per heavy atom. The van der Waals surface area contributed by atoms with Gasteiger partial charge in [0, 0.05) is 29.4 Å². The van der Waals surface area contributed by atoms with Crippen LogP contribution in [0.25, 0.3) is 27.5 Å². The lowest BCUT2D eigenvalue weighted by atomic mass is 9.95. The Kier molecular flexibility index (Phi) is 5.93. The predicted molar refractivity (Wildman–Crippen MR) is 134 cm³/mol. The molecule has 0 saturated carbocycles. The van der Waals surface area contributed by atoms with E-state index < -0.39 is 0 Å². The smallest absolute Gasteiger partial charge is 0.225 e. The van der Waals surface area contributed by atoms with Crippen LogP contribution in [0.5, 0.6) is 0 Å². The van der Waals surface area contributed by atoms with Gasteiger partial charge in [0.1, 0.15) is 7.11 Å². The van der Waals surface area contributed by atoms with Gasteiger partial charge in [-0.1, -0.05) is 35.5 Å². The molecule has 0 aliphatic heterocycles. The van der Waals surface area contributed by atoms with Crippen LogP contribution in [0.2, 0.25) is 0 Å². The highest BCUT2D eigenvalue weighted by atomic mass is 32.1. The summed E-state index contributed by atoms with van der Waals surface area (Å²) in [4.78, 5) is 27.0. The SMILES string of the molecule is CCC(=O)Nc1nc2c(s1)-c1c(c(-c3ccc(C)nc3)nn1-c1ccc(/C=N/OC)cc1)CC2. The molecule has 0 spiro atoms. The number of anilines is 1. The summed E-state index contributed by atoms with van der Waals surface area (Å²) in [6.07, 6.45) is 5.56. The van der Waals surface area contributed by atoms with Crippen molar-refractivity contribution in [1.82, 2.24) is 19.7 Å². The first-order valence-electron chi connectivity index (χ1n) is 11.1. The number of hydrogen-bond acceptors (Lipinski definition) is 7. The van der Waals surface area contributed by atoms with Crippen molar-refractivity contribution >= 4 is 28.6 Å². The number of aryl methyl sites for hydroxylation is 2. The average Bonchev–Trinajstić information content (AvgIpc) is 3.44. The fourth-order valence-electron chi connectivity index (χ4n) is 3.97. The highest BCUT2D eigenvalue weighted by Crippen LogP contribution is 2.44. The van der Waals surface area contributed by atoms with Gasteiger partial charge in [-0.3, -0.25) is 9.78 Å². The van der Waals surface area contributed by atoms with Crippen molar-refractivity contribution in [3.05, 3.63) is 65.1 Å². The number of fused-ring (bicyclic) bond motifs is 3. The third-order valence-corrected chi connectivity index (χ3v) is 6.72. The van der Waals surface area contributed by atoms with E-state index in [9.17, 15) is 4.79 Å². The Balaban J connectivity index is 1.65. The summed E-state index contributed by atoms with van der Waals surface area (Å²) in [5, 5.41) is 12.4. The van der Waals surface area contributed by atoms with Crippen LogP contribution in [0.3, 0.4) is 0 Å². The van der Waals surface area contributed by atoms with Crippen molar-refractivity contribution < 1.29 is 9.63 Å². The molecule has 0 atom stereocenters. The Bertz CT molecular complexity index is 1370. The maximum absolute atomic E-state index is 12.0. The molecule has 8 nitrogen and oxygen atoms in total. The maximum Gasteiger partial charge on any atom is 0.225 e. The molecule has 1 amide bonds. The number of nitrogens with one attached hydrogen (secondary N) is 1. The van der Waals surface area contributed by atoms with Crippen molar-refractivity contribution in [3.63, 3.8) is 0 Å². The van der Waals surface area contributed by atoms with Gasteiger partial charge in [0.25, 0.3) is 0 Å². The van der Waals surface area contributed by atoms with E-state index in [0.29, 0.717) is 11.6 Å². The molecule has 1 aromatic carbocycles. The van der Waals surface area contributed by atoms with Gasteiger partial charge < -0.3 is 10.2 Å². The molecule has 5 rings (SSSR count). The molecule has 1 N–H and O–H groups in total. The third-order valence-electron chi connectivity index (χ3n) is 5.70. The van der Waals surface area contributed by atoms with Crippen LogP contribution in [0, 0.1) is 6.92 Å². The molecule has 1 aliphatic carbocycles. The number of oxime groups is 1. The number of benzene rings is 1. The van der Waals surface area contributed by atoms with E-state index >= 15 is 0 Å². The lowest BCUT2D eigenvalue weighted by Gasteiger charge is -2.14. The first kappa shape index (κ1) is 22.0. The molecule has 9 heteroatoms. The number of amides is 1. The average molecular weight is 473 g/mol. The standard InChI is InChI=1S/C25H24N6O2S/c1-4-21(32)29-25-28-20-12-11-19-22(17-8-5-15(2)26-14-17)30-31(23(19)24(20)34-25)18-9-6-16(7-10-18)13-27-33-3/h5-10,13-14H,4,11-12H2,1-3H3,(H,28,29,32)/b27-13+. The topological polar surface area (TPSA) is 94.3 Å². The fraction of sp³-hybridized carbons (Fsp3) is 0.240. The Hall–Kier alpha value is -3.85. The number of pyridine rings is 1. The zero-order valence-electron chi connectivity index (χ0n) is 19.2. The zero-order valence-corrected chi connectivity index (χ0v) is 20.0. The lowest BCUT2D eigenvalue weighted by molar-refractivity contribution is -0.115. The van der Waals surface area contributed by atoms with Crippen LogP contribution in [0.4, 0.5) is 5.13 Å². The summed E-state index contributed by atoms with van der Waals surface area (Å²) in [5.74, 6) is -0.0421. The largest absolute Gasteiger partial charge is 0.399 e. The molecule has 0 saturated heterocycles. The van der Waals surface area contributed by atoms with Crippen LogP contribution >= 0.6 is 11.3 Å². The van der Waals surface area contributed by atoms with Gasteiger partial charge in [-0.05, 0) is 49.6 Å². The minimum Gasteiger partial charge on any atom is -0.399 e. The third kappa shape index (κ3) is 4.10. The zero-order chi connectivity index (χ0) is 23.7. The van der Waals surface area contributed by atoms with Crippen LogP contribution in [-0.4, -0.2) is 39.0 Å². The second-order valence-corrected chi connectivity index (χ2v) is 8.98. The second kappa shape index (κ2) is 9.18. The molecule has 0 fully saturated rings. The number of hydrogen-bond donors (Lipinski definition) is 1. The fourth-order valence-corrected chi connectivity index (χ4v) is 5.06. The number of nitrogens with zero attached hydrogens (tertiary/aromatic N) is 5. The van der Waals surface area contributed by atoms with Crippen LogP contribution in [0.1, 0.15) is 35.9 Å². The van der Waals surface area contributed by atoms with E-state index in [-0.39, 0.29) is 5.91 Å². The van der Waals surface area contributed by atoms with E-state index in [2.05, 4.69) is 21.5 Å². The molecule has 172 valence electrons. The van der Waals surface area contributed by atoms with Gasteiger partial charge in [0.15, 0.2) is 5.13 Å². The summed E-state index contributed by atoms with van der Waals surface area (Å²) < 4.78 is 1.98. The van der Waals surface area contributed by atoms with Gasteiger partial charge in [-0.25, -0.2) is 9.67 Å². The maximum atomic E-state index is 12.0. The van der Waals surface area contributed by atoms with Crippen LogP contribution in [0.15, 0.2) is 47.8 Å². The van der Waals surface area contributed by atoms with E-state index in [1.165, 1.54) is 24.0 Å². The highest BCUT2D eigenvalue weighted by Gasteiger charge is 2.30. The van der Waals surface area contributed by atoms with E-state index in [0.717, 1.165) is 57.3 Å². The second-order valence-electron chi connectivity index (χ2n) is 7.98.